The zero-order valence-corrected chi connectivity index (χ0v) is 19.3. The standard InChI is InChI=1S/C23H34N4O3S/c1-2-3-16-27-21-11-10-19(31(29,30)26-14-6-7-15-26)17-20(21)25-22(27)12-13-23(28)24-18-8-4-5-9-18/h10-11,17-18H,2-9,12-16H2,1H3,(H,24,28). The monoisotopic (exact) mass is 446 g/mol. The minimum Gasteiger partial charge on any atom is -0.353 e. The summed E-state index contributed by atoms with van der Waals surface area (Å²) < 4.78 is 29.6. The van der Waals surface area contributed by atoms with Crippen molar-refractivity contribution in [1.82, 2.24) is 19.2 Å². The summed E-state index contributed by atoms with van der Waals surface area (Å²) in [5.74, 6) is 0.944. The number of sulfonamides is 1. The zero-order valence-electron chi connectivity index (χ0n) is 18.5. The van der Waals surface area contributed by atoms with Gasteiger partial charge in [-0.3, -0.25) is 4.79 Å². The molecule has 1 saturated carbocycles. The summed E-state index contributed by atoms with van der Waals surface area (Å²) in [5, 5.41) is 3.14. The molecule has 0 unspecified atom stereocenters. The molecule has 31 heavy (non-hydrogen) atoms. The molecule has 0 bridgehead atoms. The molecule has 1 amide bonds. The van der Waals surface area contributed by atoms with E-state index in [9.17, 15) is 13.2 Å². The van der Waals surface area contributed by atoms with E-state index in [4.69, 9.17) is 4.98 Å². The van der Waals surface area contributed by atoms with Gasteiger partial charge in [0, 0.05) is 38.5 Å². The summed E-state index contributed by atoms with van der Waals surface area (Å²) in [5.41, 5.74) is 1.64. The van der Waals surface area contributed by atoms with Crippen LogP contribution in [0, 0.1) is 0 Å². The molecule has 8 heteroatoms. The molecule has 1 aliphatic heterocycles. The molecule has 170 valence electrons. The highest BCUT2D eigenvalue weighted by molar-refractivity contribution is 7.89. The van der Waals surface area contributed by atoms with E-state index in [0.717, 1.165) is 56.4 Å². The highest BCUT2D eigenvalue weighted by atomic mass is 32.2. The van der Waals surface area contributed by atoms with Crippen LogP contribution in [0.2, 0.25) is 0 Å². The van der Waals surface area contributed by atoms with Crippen molar-refractivity contribution >= 4 is 27.0 Å². The summed E-state index contributed by atoms with van der Waals surface area (Å²) in [6, 6.07) is 5.61. The first-order chi connectivity index (χ1) is 15.0. The Bertz CT molecular complexity index is 1020. The van der Waals surface area contributed by atoms with Gasteiger partial charge in [0.1, 0.15) is 5.82 Å². The summed E-state index contributed by atoms with van der Waals surface area (Å²) in [6.07, 6.45) is 9.42. The molecule has 2 heterocycles. The normalized spacial score (nSPS) is 18.2. The van der Waals surface area contributed by atoms with Crippen LogP contribution in [0.4, 0.5) is 0 Å². The molecule has 1 N–H and O–H groups in total. The Morgan fingerprint density at radius 1 is 1.16 bits per heavy atom. The lowest BCUT2D eigenvalue weighted by Crippen LogP contribution is -2.32. The molecule has 2 aromatic rings. The Balaban J connectivity index is 1.55. The molecule has 1 aliphatic carbocycles. The summed E-state index contributed by atoms with van der Waals surface area (Å²) in [4.78, 5) is 17.5. The summed E-state index contributed by atoms with van der Waals surface area (Å²) in [7, 11) is -3.47. The van der Waals surface area contributed by atoms with Gasteiger partial charge < -0.3 is 9.88 Å². The maximum atomic E-state index is 13.0. The van der Waals surface area contributed by atoms with Gasteiger partial charge in [-0.2, -0.15) is 4.31 Å². The van der Waals surface area contributed by atoms with Crippen molar-refractivity contribution in [3.63, 3.8) is 0 Å². The lowest BCUT2D eigenvalue weighted by molar-refractivity contribution is -0.121. The van der Waals surface area contributed by atoms with Crippen molar-refractivity contribution < 1.29 is 13.2 Å². The molecule has 2 aliphatic rings. The van der Waals surface area contributed by atoms with E-state index in [1.54, 1.807) is 16.4 Å². The number of carbonyl (C=O) groups is 1. The number of imidazole rings is 1. The van der Waals surface area contributed by atoms with Crippen molar-refractivity contribution in [2.75, 3.05) is 13.1 Å². The lowest BCUT2D eigenvalue weighted by Gasteiger charge is -2.15. The minimum atomic E-state index is -3.47. The lowest BCUT2D eigenvalue weighted by atomic mass is 10.2. The van der Waals surface area contributed by atoms with Crippen LogP contribution in [0.3, 0.4) is 0 Å². The first kappa shape index (κ1) is 22.3. The maximum absolute atomic E-state index is 13.0. The predicted molar refractivity (Wildman–Crippen MR) is 121 cm³/mol. The molecule has 1 aromatic carbocycles. The van der Waals surface area contributed by atoms with E-state index < -0.39 is 10.0 Å². The highest BCUT2D eigenvalue weighted by Gasteiger charge is 2.28. The number of benzene rings is 1. The summed E-state index contributed by atoms with van der Waals surface area (Å²) >= 11 is 0. The second-order valence-corrected chi connectivity index (χ2v) is 10.8. The smallest absolute Gasteiger partial charge is 0.243 e. The fourth-order valence-electron chi connectivity index (χ4n) is 4.75. The third-order valence-corrected chi connectivity index (χ3v) is 8.43. The number of rotatable bonds is 9. The SMILES string of the molecule is CCCCn1c(CCC(=O)NC2CCCC2)nc2cc(S(=O)(=O)N3CCCC3)ccc21. The average molecular weight is 447 g/mol. The second-order valence-electron chi connectivity index (χ2n) is 8.84. The summed E-state index contributed by atoms with van der Waals surface area (Å²) in [6.45, 7) is 4.15. The van der Waals surface area contributed by atoms with Gasteiger partial charge in [0.05, 0.1) is 15.9 Å². The molecule has 1 saturated heterocycles. The molecule has 1 aromatic heterocycles. The van der Waals surface area contributed by atoms with E-state index in [2.05, 4.69) is 16.8 Å². The fraction of sp³-hybridized carbons (Fsp3) is 0.652. The second kappa shape index (κ2) is 9.69. The Hall–Kier alpha value is -1.93. The van der Waals surface area contributed by atoms with Gasteiger partial charge in [-0.25, -0.2) is 13.4 Å². The molecule has 2 fully saturated rings. The molecule has 0 atom stereocenters. The zero-order chi connectivity index (χ0) is 21.8. The van der Waals surface area contributed by atoms with Crippen LogP contribution in [0.5, 0.6) is 0 Å². The number of nitrogens with zero attached hydrogens (tertiary/aromatic N) is 3. The van der Waals surface area contributed by atoms with Crippen LogP contribution in [0.25, 0.3) is 11.0 Å². The number of aryl methyl sites for hydroxylation is 2. The van der Waals surface area contributed by atoms with Crippen LogP contribution in [-0.4, -0.2) is 47.3 Å². The topological polar surface area (TPSA) is 84.3 Å². The quantitative estimate of drug-likeness (QED) is 0.638. The maximum Gasteiger partial charge on any atom is 0.243 e. The van der Waals surface area contributed by atoms with E-state index in [1.165, 1.54) is 12.8 Å². The molecule has 0 radical (unpaired) electrons. The van der Waals surface area contributed by atoms with Crippen LogP contribution >= 0.6 is 0 Å². The van der Waals surface area contributed by atoms with Crippen molar-refractivity contribution in [2.45, 2.75) is 88.6 Å². The predicted octanol–water partition coefficient (Wildman–Crippen LogP) is 3.61. The van der Waals surface area contributed by atoms with Crippen LogP contribution in [-0.2, 0) is 27.8 Å². The number of nitrogens with one attached hydrogen (secondary N) is 1. The third kappa shape index (κ3) is 4.95. The van der Waals surface area contributed by atoms with Gasteiger partial charge >= 0.3 is 0 Å². The Kier molecular flexibility index (Phi) is 6.96. The van der Waals surface area contributed by atoms with E-state index in [0.29, 0.717) is 42.4 Å². The Morgan fingerprint density at radius 2 is 1.90 bits per heavy atom. The van der Waals surface area contributed by atoms with Gasteiger partial charge in [0.15, 0.2) is 0 Å². The average Bonchev–Trinajstić information content (AvgIpc) is 3.51. The van der Waals surface area contributed by atoms with Crippen molar-refractivity contribution in [2.24, 2.45) is 0 Å². The number of hydrogen-bond acceptors (Lipinski definition) is 4. The Morgan fingerprint density at radius 3 is 2.61 bits per heavy atom. The number of fused-ring (bicyclic) bond motifs is 1. The Labute approximate surface area is 185 Å². The first-order valence-corrected chi connectivity index (χ1v) is 13.2. The number of aromatic nitrogens is 2. The van der Waals surface area contributed by atoms with Gasteiger partial charge in [-0.15, -0.1) is 0 Å². The number of unbranched alkanes of at least 4 members (excludes halogenated alkanes) is 1. The van der Waals surface area contributed by atoms with Gasteiger partial charge in [0.2, 0.25) is 15.9 Å². The van der Waals surface area contributed by atoms with Crippen molar-refractivity contribution in [3.8, 4) is 0 Å². The molecule has 4 rings (SSSR count). The number of hydrogen-bond donors (Lipinski definition) is 1. The van der Waals surface area contributed by atoms with E-state index >= 15 is 0 Å². The van der Waals surface area contributed by atoms with E-state index in [1.807, 2.05) is 6.07 Å². The van der Waals surface area contributed by atoms with Crippen LogP contribution in [0.15, 0.2) is 23.1 Å². The van der Waals surface area contributed by atoms with Crippen LogP contribution < -0.4 is 5.32 Å². The van der Waals surface area contributed by atoms with Gasteiger partial charge in [0.25, 0.3) is 0 Å². The highest BCUT2D eigenvalue weighted by Crippen LogP contribution is 2.26. The molecular weight excluding hydrogens is 412 g/mol. The largest absolute Gasteiger partial charge is 0.353 e. The first-order valence-electron chi connectivity index (χ1n) is 11.8. The van der Waals surface area contributed by atoms with Gasteiger partial charge in [-0.1, -0.05) is 26.2 Å². The molecule has 7 nitrogen and oxygen atoms in total. The minimum absolute atomic E-state index is 0.0818. The van der Waals surface area contributed by atoms with Crippen LogP contribution in [0.1, 0.15) is 70.5 Å². The number of amides is 1. The molecule has 0 spiro atoms. The van der Waals surface area contributed by atoms with Gasteiger partial charge in [-0.05, 0) is 50.3 Å². The molecular formula is C23H34N4O3S. The van der Waals surface area contributed by atoms with Crippen molar-refractivity contribution in [1.29, 1.82) is 0 Å². The fourth-order valence-corrected chi connectivity index (χ4v) is 6.29. The number of carbonyl (C=O) groups excluding carboxylic acids is 1. The third-order valence-electron chi connectivity index (χ3n) is 6.53. The van der Waals surface area contributed by atoms with Crippen molar-refractivity contribution in [3.05, 3.63) is 24.0 Å². The van der Waals surface area contributed by atoms with E-state index in [-0.39, 0.29) is 5.91 Å².